The van der Waals surface area contributed by atoms with Crippen LogP contribution in [0, 0.1) is 5.82 Å². The summed E-state index contributed by atoms with van der Waals surface area (Å²) in [5.41, 5.74) is 1.50. The second kappa shape index (κ2) is 7.13. The van der Waals surface area contributed by atoms with E-state index in [1.165, 1.54) is 23.5 Å². The van der Waals surface area contributed by atoms with Crippen LogP contribution in [0.4, 0.5) is 4.39 Å². The minimum Gasteiger partial charge on any atom is -0.497 e. The summed E-state index contributed by atoms with van der Waals surface area (Å²) in [5, 5.41) is 4.94. The van der Waals surface area contributed by atoms with Crippen molar-refractivity contribution in [1.82, 2.24) is 10.3 Å². The smallest absolute Gasteiger partial charge is 0.261 e. The highest BCUT2D eigenvalue weighted by Gasteiger charge is 2.13. The fraction of sp³-hybridized carbons (Fsp3) is 0.100. The van der Waals surface area contributed by atoms with Crippen LogP contribution in [-0.4, -0.2) is 18.0 Å². The van der Waals surface area contributed by atoms with E-state index in [1.54, 1.807) is 13.2 Å². The average molecular weight is 401 g/mol. The number of hydrogen-bond acceptors (Lipinski definition) is 4. The Balaban J connectivity index is 1.59. The third-order valence-electron chi connectivity index (χ3n) is 4.19. The monoisotopic (exact) mass is 400 g/mol. The van der Waals surface area contributed by atoms with Gasteiger partial charge in [0.2, 0.25) is 0 Å². The van der Waals surface area contributed by atoms with Gasteiger partial charge < -0.3 is 10.1 Å². The maximum Gasteiger partial charge on any atom is 0.261 e. The number of pyridine rings is 1. The van der Waals surface area contributed by atoms with Crippen LogP contribution in [0.1, 0.15) is 15.2 Å². The van der Waals surface area contributed by atoms with E-state index in [9.17, 15) is 9.18 Å². The second-order valence-electron chi connectivity index (χ2n) is 5.97. The molecule has 2 aromatic heterocycles. The zero-order valence-corrected chi connectivity index (χ0v) is 15.8. The maximum atomic E-state index is 13.1. The lowest BCUT2D eigenvalue weighted by Crippen LogP contribution is -2.21. The molecule has 0 aliphatic rings. The average Bonchev–Trinajstić information content (AvgIpc) is 3.07. The first kappa shape index (κ1) is 17.7. The molecule has 0 bridgehead atoms. The van der Waals surface area contributed by atoms with Crippen LogP contribution in [0.3, 0.4) is 0 Å². The molecule has 0 aliphatic heterocycles. The predicted molar refractivity (Wildman–Crippen MR) is 106 cm³/mol. The lowest BCUT2D eigenvalue weighted by molar-refractivity contribution is 0.0955. The number of amides is 1. The molecule has 136 valence electrons. The van der Waals surface area contributed by atoms with Gasteiger partial charge in [0.05, 0.1) is 17.5 Å². The number of carbonyl (C=O) groups excluding carboxylic acids is 1. The molecule has 2 aromatic carbocycles. The van der Waals surface area contributed by atoms with E-state index in [4.69, 9.17) is 16.3 Å². The second-order valence-corrected chi connectivity index (χ2v) is 7.41. The molecule has 0 atom stereocenters. The van der Waals surface area contributed by atoms with Crippen LogP contribution in [-0.2, 0) is 6.54 Å². The van der Waals surface area contributed by atoms with Gasteiger partial charge >= 0.3 is 0 Å². The molecule has 7 heteroatoms. The van der Waals surface area contributed by atoms with Gasteiger partial charge in [0, 0.05) is 22.3 Å². The first-order valence-electron chi connectivity index (χ1n) is 8.14. The number of benzene rings is 2. The number of ether oxygens (including phenoxy) is 1. The molecule has 0 aliphatic carbocycles. The summed E-state index contributed by atoms with van der Waals surface area (Å²) in [6.45, 7) is 0.221. The minimum atomic E-state index is -0.408. The summed E-state index contributed by atoms with van der Waals surface area (Å²) >= 11 is 7.32. The summed E-state index contributed by atoms with van der Waals surface area (Å²) in [4.78, 5) is 18.5. The van der Waals surface area contributed by atoms with Crippen LogP contribution in [0.2, 0.25) is 5.02 Å². The minimum absolute atomic E-state index is 0.221. The van der Waals surface area contributed by atoms with E-state index in [2.05, 4.69) is 10.3 Å². The van der Waals surface area contributed by atoms with Gasteiger partial charge in [0.25, 0.3) is 5.91 Å². The zero-order valence-electron chi connectivity index (χ0n) is 14.3. The van der Waals surface area contributed by atoms with Gasteiger partial charge in [-0.15, -0.1) is 11.3 Å². The number of nitrogens with zero attached hydrogens (tertiary/aromatic N) is 1. The van der Waals surface area contributed by atoms with E-state index < -0.39 is 5.82 Å². The van der Waals surface area contributed by atoms with Crippen molar-refractivity contribution in [2.24, 2.45) is 0 Å². The van der Waals surface area contributed by atoms with Gasteiger partial charge in [-0.25, -0.2) is 9.37 Å². The van der Waals surface area contributed by atoms with E-state index in [1.807, 2.05) is 30.3 Å². The molecule has 1 amide bonds. The highest BCUT2D eigenvalue weighted by molar-refractivity contribution is 7.20. The van der Waals surface area contributed by atoms with Crippen molar-refractivity contribution in [3.63, 3.8) is 0 Å². The quantitative estimate of drug-likeness (QED) is 0.513. The van der Waals surface area contributed by atoms with Crippen molar-refractivity contribution < 1.29 is 13.9 Å². The SMILES string of the molecule is COc1ccc2nc3sc(C(=O)NCc4ccc(F)cc4Cl)cc3cc2c1. The van der Waals surface area contributed by atoms with E-state index in [-0.39, 0.29) is 17.5 Å². The largest absolute Gasteiger partial charge is 0.497 e. The van der Waals surface area contributed by atoms with Gasteiger partial charge in [-0.05, 0) is 48.0 Å². The summed E-state index contributed by atoms with van der Waals surface area (Å²) in [6.07, 6.45) is 0. The Morgan fingerprint density at radius 2 is 2.04 bits per heavy atom. The predicted octanol–water partition coefficient (Wildman–Crippen LogP) is 5.18. The van der Waals surface area contributed by atoms with Crippen LogP contribution in [0.5, 0.6) is 5.75 Å². The van der Waals surface area contributed by atoms with E-state index in [0.717, 1.165) is 26.9 Å². The van der Waals surface area contributed by atoms with Crippen LogP contribution in [0.25, 0.3) is 21.1 Å². The summed E-state index contributed by atoms with van der Waals surface area (Å²) in [7, 11) is 1.62. The topological polar surface area (TPSA) is 51.2 Å². The van der Waals surface area contributed by atoms with Crippen molar-refractivity contribution in [2.75, 3.05) is 7.11 Å². The first-order valence-corrected chi connectivity index (χ1v) is 9.33. The maximum absolute atomic E-state index is 13.1. The number of aromatic nitrogens is 1. The summed E-state index contributed by atoms with van der Waals surface area (Å²) in [5.74, 6) is 0.127. The molecule has 4 aromatic rings. The third-order valence-corrected chi connectivity index (χ3v) is 5.58. The van der Waals surface area contributed by atoms with Crippen molar-refractivity contribution in [3.8, 4) is 5.75 Å². The van der Waals surface area contributed by atoms with Crippen molar-refractivity contribution in [1.29, 1.82) is 0 Å². The van der Waals surface area contributed by atoms with Gasteiger partial charge in [-0.2, -0.15) is 0 Å². The highest BCUT2D eigenvalue weighted by atomic mass is 35.5. The Labute approximate surface area is 163 Å². The molecular formula is C20H14ClFN2O2S. The van der Waals surface area contributed by atoms with Crippen molar-refractivity contribution >= 4 is 50.0 Å². The first-order chi connectivity index (χ1) is 13.0. The van der Waals surface area contributed by atoms with Crippen LogP contribution in [0.15, 0.2) is 48.5 Å². The number of rotatable bonds is 4. The Morgan fingerprint density at radius 1 is 1.19 bits per heavy atom. The Morgan fingerprint density at radius 3 is 2.81 bits per heavy atom. The number of carbonyl (C=O) groups is 1. The fourth-order valence-electron chi connectivity index (χ4n) is 2.78. The molecule has 27 heavy (non-hydrogen) atoms. The van der Waals surface area contributed by atoms with Crippen LogP contribution >= 0.6 is 22.9 Å². The standard InChI is InChI=1S/C20H14ClFN2O2S/c1-26-15-4-5-17-12(7-15)6-13-8-18(27-20(13)24-17)19(25)23-10-11-2-3-14(22)9-16(11)21/h2-9H,10H2,1H3,(H,23,25). The number of nitrogens with one attached hydrogen (secondary N) is 1. The molecule has 0 unspecified atom stereocenters. The summed E-state index contributed by atoms with van der Waals surface area (Å²) < 4.78 is 18.4. The summed E-state index contributed by atoms with van der Waals surface area (Å²) in [6, 6.07) is 13.6. The van der Waals surface area contributed by atoms with Gasteiger partial charge in [-0.1, -0.05) is 17.7 Å². The Bertz CT molecular complexity index is 1180. The molecule has 1 N–H and O–H groups in total. The molecule has 2 heterocycles. The number of methoxy groups -OCH3 is 1. The third kappa shape index (κ3) is 3.59. The number of thiophene rings is 1. The molecule has 0 saturated heterocycles. The van der Waals surface area contributed by atoms with Crippen molar-refractivity contribution in [3.05, 3.63) is 69.8 Å². The van der Waals surface area contributed by atoms with Gasteiger partial charge in [0.1, 0.15) is 16.4 Å². The molecule has 0 spiro atoms. The molecule has 0 fully saturated rings. The molecule has 0 saturated carbocycles. The van der Waals surface area contributed by atoms with E-state index >= 15 is 0 Å². The Hall–Kier alpha value is -2.70. The normalized spacial score (nSPS) is 11.1. The highest BCUT2D eigenvalue weighted by Crippen LogP contribution is 2.29. The number of fused-ring (bicyclic) bond motifs is 2. The molecule has 0 radical (unpaired) electrons. The van der Waals surface area contributed by atoms with Crippen LogP contribution < -0.4 is 10.1 Å². The van der Waals surface area contributed by atoms with Crippen molar-refractivity contribution in [2.45, 2.75) is 6.54 Å². The molecular weight excluding hydrogens is 387 g/mol. The lowest BCUT2D eigenvalue weighted by Gasteiger charge is -2.05. The zero-order chi connectivity index (χ0) is 19.0. The van der Waals surface area contributed by atoms with Gasteiger partial charge in [0.15, 0.2) is 0 Å². The van der Waals surface area contributed by atoms with Gasteiger partial charge in [-0.3, -0.25) is 4.79 Å². The lowest BCUT2D eigenvalue weighted by atomic mass is 10.2. The van der Waals surface area contributed by atoms with E-state index in [0.29, 0.717) is 10.4 Å². The molecule has 4 rings (SSSR count). The fourth-order valence-corrected chi connectivity index (χ4v) is 3.95. The number of halogens is 2. The molecule has 4 nitrogen and oxygen atoms in total. The number of hydrogen-bond donors (Lipinski definition) is 1. The Kier molecular flexibility index (Phi) is 4.68.